The molecular formula is C10H13NO6. The van der Waals surface area contributed by atoms with Crippen molar-refractivity contribution in [3.8, 4) is 0 Å². The summed E-state index contributed by atoms with van der Waals surface area (Å²) in [7, 11) is 0. The maximum Gasteiger partial charge on any atom is 0.322 e. The maximum absolute atomic E-state index is 10.9. The lowest BCUT2D eigenvalue weighted by Gasteiger charge is -1.96. The summed E-state index contributed by atoms with van der Waals surface area (Å²) in [4.78, 5) is 30.3. The molecule has 0 aliphatic heterocycles. The van der Waals surface area contributed by atoms with E-state index in [9.17, 15) is 14.4 Å². The van der Waals surface area contributed by atoms with Crippen molar-refractivity contribution in [3.05, 3.63) is 24.2 Å². The van der Waals surface area contributed by atoms with Crippen LogP contribution in [-0.2, 0) is 9.59 Å². The Kier molecular flexibility index (Phi) is 6.84. The first-order valence-electron chi connectivity index (χ1n) is 4.72. The van der Waals surface area contributed by atoms with Crippen LogP contribution in [0.1, 0.15) is 23.9 Å². The van der Waals surface area contributed by atoms with E-state index in [-0.39, 0.29) is 12.2 Å². The summed E-state index contributed by atoms with van der Waals surface area (Å²) in [5.41, 5.74) is 0. The number of carbonyl (C=O) groups excluding carboxylic acids is 1. The Morgan fingerprint density at radius 1 is 1.29 bits per heavy atom. The highest BCUT2D eigenvalue weighted by Gasteiger charge is 2.08. The van der Waals surface area contributed by atoms with Crippen LogP contribution < -0.4 is 5.32 Å². The summed E-state index contributed by atoms with van der Waals surface area (Å²) in [5, 5.41) is 18.1. The van der Waals surface area contributed by atoms with Crippen LogP contribution in [0.2, 0.25) is 0 Å². The summed E-state index contributed by atoms with van der Waals surface area (Å²) in [6.07, 6.45) is 1.57. The molecule has 0 radical (unpaired) electrons. The monoisotopic (exact) mass is 243 g/mol. The molecule has 0 aromatic carbocycles. The number of aliphatic carboxylic acids is 2. The smallest absolute Gasteiger partial charge is 0.322 e. The number of hydrogen-bond donors (Lipinski definition) is 3. The summed E-state index contributed by atoms with van der Waals surface area (Å²) >= 11 is 0. The number of furan rings is 1. The minimum atomic E-state index is -1.09. The molecule has 1 aromatic rings. The predicted molar refractivity (Wildman–Crippen MR) is 56.6 cm³/mol. The molecule has 1 rings (SSSR count). The van der Waals surface area contributed by atoms with Crippen LogP contribution in [0.15, 0.2) is 22.8 Å². The molecule has 0 fully saturated rings. The molecule has 0 saturated carbocycles. The second-order valence-corrected chi connectivity index (χ2v) is 2.80. The molecule has 3 N–H and O–H groups in total. The molecule has 1 aromatic heterocycles. The Bertz CT molecular complexity index is 370. The largest absolute Gasteiger partial charge is 0.481 e. The molecule has 0 aliphatic rings. The fourth-order valence-corrected chi connectivity index (χ4v) is 0.651. The molecule has 0 spiro atoms. The number of hydrogen-bond acceptors (Lipinski definition) is 4. The Morgan fingerprint density at radius 3 is 2.24 bits per heavy atom. The normalized spacial score (nSPS) is 8.76. The van der Waals surface area contributed by atoms with Crippen LogP contribution in [0.4, 0.5) is 0 Å². The highest BCUT2D eigenvalue weighted by atomic mass is 16.4. The quantitative estimate of drug-likeness (QED) is 0.711. The molecule has 0 unspecified atom stereocenters. The number of rotatable bonds is 4. The third-order valence-corrected chi connectivity index (χ3v) is 1.45. The van der Waals surface area contributed by atoms with Crippen LogP contribution in [0.5, 0.6) is 0 Å². The summed E-state index contributed by atoms with van der Waals surface area (Å²) in [6, 6.07) is 3.01. The number of carboxylic acid groups (broad SMARTS) is 2. The van der Waals surface area contributed by atoms with E-state index in [0.29, 0.717) is 0 Å². The Hall–Kier alpha value is -2.31. The maximum atomic E-state index is 10.9. The zero-order valence-electron chi connectivity index (χ0n) is 9.17. The van der Waals surface area contributed by atoms with Gasteiger partial charge in [-0.1, -0.05) is 6.92 Å². The SMILES string of the molecule is CCC(=O)O.O=C(O)CNC(=O)c1ccco1. The third-order valence-electron chi connectivity index (χ3n) is 1.45. The van der Waals surface area contributed by atoms with Gasteiger partial charge in [0.2, 0.25) is 0 Å². The van der Waals surface area contributed by atoms with Gasteiger partial charge in [0.15, 0.2) is 5.76 Å². The fourth-order valence-electron chi connectivity index (χ4n) is 0.651. The topological polar surface area (TPSA) is 117 Å². The summed E-state index contributed by atoms with van der Waals surface area (Å²) in [6.45, 7) is 1.20. The average Bonchev–Trinajstić information content (AvgIpc) is 2.80. The van der Waals surface area contributed by atoms with Gasteiger partial charge in [-0.2, -0.15) is 0 Å². The van der Waals surface area contributed by atoms with Crippen LogP contribution >= 0.6 is 0 Å². The summed E-state index contributed by atoms with van der Waals surface area (Å²) < 4.78 is 4.72. The van der Waals surface area contributed by atoms with E-state index < -0.39 is 24.4 Å². The van der Waals surface area contributed by atoms with E-state index in [1.807, 2.05) is 0 Å². The Morgan fingerprint density at radius 2 is 1.88 bits per heavy atom. The van der Waals surface area contributed by atoms with Crippen molar-refractivity contribution in [2.24, 2.45) is 0 Å². The lowest BCUT2D eigenvalue weighted by atomic mass is 10.4. The van der Waals surface area contributed by atoms with E-state index in [4.69, 9.17) is 14.6 Å². The van der Waals surface area contributed by atoms with Crippen molar-refractivity contribution >= 4 is 17.8 Å². The zero-order chi connectivity index (χ0) is 13.3. The van der Waals surface area contributed by atoms with Gasteiger partial charge < -0.3 is 19.9 Å². The fraction of sp³-hybridized carbons (Fsp3) is 0.300. The van der Waals surface area contributed by atoms with Gasteiger partial charge >= 0.3 is 11.9 Å². The van der Waals surface area contributed by atoms with Crippen LogP contribution in [0, 0.1) is 0 Å². The molecular weight excluding hydrogens is 230 g/mol. The Labute approximate surface area is 97.0 Å². The van der Waals surface area contributed by atoms with E-state index in [0.717, 1.165) is 0 Å². The van der Waals surface area contributed by atoms with Crippen molar-refractivity contribution in [1.82, 2.24) is 5.32 Å². The second kappa shape index (κ2) is 7.91. The lowest BCUT2D eigenvalue weighted by molar-refractivity contribution is -0.137. The van der Waals surface area contributed by atoms with Gasteiger partial charge in [-0.25, -0.2) is 0 Å². The molecule has 0 saturated heterocycles. The van der Waals surface area contributed by atoms with E-state index in [2.05, 4.69) is 5.32 Å². The molecule has 0 bridgehead atoms. The van der Waals surface area contributed by atoms with Crippen molar-refractivity contribution < 1.29 is 29.0 Å². The first kappa shape index (κ1) is 14.7. The first-order chi connectivity index (χ1) is 7.97. The van der Waals surface area contributed by atoms with E-state index in [1.54, 1.807) is 13.0 Å². The number of carbonyl (C=O) groups is 3. The van der Waals surface area contributed by atoms with E-state index in [1.165, 1.54) is 12.3 Å². The molecule has 0 aliphatic carbocycles. The van der Waals surface area contributed by atoms with Crippen molar-refractivity contribution in [3.63, 3.8) is 0 Å². The third kappa shape index (κ3) is 7.60. The zero-order valence-corrected chi connectivity index (χ0v) is 9.17. The van der Waals surface area contributed by atoms with Crippen molar-refractivity contribution in [1.29, 1.82) is 0 Å². The standard InChI is InChI=1S/C7H7NO4.C3H6O2/c9-6(10)4-8-7(11)5-2-1-3-12-5;1-2-3(4)5/h1-3H,4H2,(H,8,11)(H,9,10);2H2,1H3,(H,4,5). The van der Waals surface area contributed by atoms with Crippen LogP contribution in [0.3, 0.4) is 0 Å². The lowest BCUT2D eigenvalue weighted by Crippen LogP contribution is -2.28. The molecule has 94 valence electrons. The van der Waals surface area contributed by atoms with Gasteiger partial charge in [-0.05, 0) is 12.1 Å². The van der Waals surface area contributed by atoms with Gasteiger partial charge in [0.05, 0.1) is 6.26 Å². The average molecular weight is 243 g/mol. The molecule has 17 heavy (non-hydrogen) atoms. The minimum Gasteiger partial charge on any atom is -0.481 e. The molecule has 1 amide bonds. The highest BCUT2D eigenvalue weighted by molar-refractivity contribution is 5.93. The number of nitrogens with one attached hydrogen (secondary N) is 1. The second-order valence-electron chi connectivity index (χ2n) is 2.80. The number of amides is 1. The van der Waals surface area contributed by atoms with E-state index >= 15 is 0 Å². The number of carboxylic acids is 2. The van der Waals surface area contributed by atoms with Crippen LogP contribution in [-0.4, -0.2) is 34.6 Å². The molecule has 0 atom stereocenters. The van der Waals surface area contributed by atoms with Crippen molar-refractivity contribution in [2.45, 2.75) is 13.3 Å². The predicted octanol–water partition coefficient (Wildman–Crippen LogP) is 0.575. The minimum absolute atomic E-state index is 0.108. The first-order valence-corrected chi connectivity index (χ1v) is 4.72. The van der Waals surface area contributed by atoms with Gasteiger partial charge in [0.25, 0.3) is 5.91 Å². The van der Waals surface area contributed by atoms with Gasteiger partial charge in [0, 0.05) is 6.42 Å². The molecule has 1 heterocycles. The van der Waals surface area contributed by atoms with Gasteiger partial charge in [-0.3, -0.25) is 14.4 Å². The molecule has 7 nitrogen and oxygen atoms in total. The molecule has 7 heteroatoms. The summed E-state index contributed by atoms with van der Waals surface area (Å²) in [5.74, 6) is -2.25. The van der Waals surface area contributed by atoms with Gasteiger partial charge in [0.1, 0.15) is 6.54 Å². The van der Waals surface area contributed by atoms with Gasteiger partial charge in [-0.15, -0.1) is 0 Å². The highest BCUT2D eigenvalue weighted by Crippen LogP contribution is 1.98. The van der Waals surface area contributed by atoms with Crippen LogP contribution in [0.25, 0.3) is 0 Å². The van der Waals surface area contributed by atoms with Crippen molar-refractivity contribution in [2.75, 3.05) is 6.54 Å². The Balaban J connectivity index is 0.000000437.